The van der Waals surface area contributed by atoms with Gasteiger partial charge >= 0.3 is 0 Å². The number of aryl methyl sites for hydroxylation is 1. The van der Waals surface area contributed by atoms with Crippen molar-refractivity contribution in [2.24, 2.45) is 0 Å². The minimum absolute atomic E-state index is 0.289. The van der Waals surface area contributed by atoms with Gasteiger partial charge in [0, 0.05) is 5.69 Å². The quantitative estimate of drug-likeness (QED) is 0.616. The lowest BCUT2D eigenvalue weighted by Gasteiger charge is -2.27. The maximum atomic E-state index is 12.1. The Bertz CT molecular complexity index is 611. The fourth-order valence-electron chi connectivity index (χ4n) is 1.70. The molecule has 112 valence electrons. The fraction of sp³-hybridized carbons (Fsp3) is 0.214. The zero-order valence-electron chi connectivity index (χ0n) is 11.1. The molecule has 0 unspecified atom stereocenters. The minimum atomic E-state index is -1.69. The molecule has 2 N–H and O–H groups in total. The number of carbonyl (C=O) groups excluding carboxylic acids is 1. The summed E-state index contributed by atoms with van der Waals surface area (Å²) < 4.78 is -1.69. The summed E-state index contributed by atoms with van der Waals surface area (Å²) in [6.07, 6.45) is -0.849. The SMILES string of the molecule is Cc1ccccc1N[C@@H](NC(=O)c1cccs1)C(Cl)(Cl)Cl. The maximum Gasteiger partial charge on any atom is 0.263 e. The monoisotopic (exact) mass is 362 g/mol. The molecule has 0 spiro atoms. The molecule has 0 bridgehead atoms. The average molecular weight is 364 g/mol. The average Bonchev–Trinajstić information content (AvgIpc) is 2.93. The van der Waals surface area contributed by atoms with Gasteiger partial charge in [-0.2, -0.15) is 0 Å². The summed E-state index contributed by atoms with van der Waals surface area (Å²) in [5.74, 6) is -0.289. The first-order chi connectivity index (χ1) is 9.88. The zero-order chi connectivity index (χ0) is 15.5. The van der Waals surface area contributed by atoms with Crippen molar-refractivity contribution in [2.75, 3.05) is 5.32 Å². The Balaban J connectivity index is 2.16. The van der Waals surface area contributed by atoms with E-state index in [1.165, 1.54) is 11.3 Å². The first-order valence-corrected chi connectivity index (χ1v) is 8.12. The van der Waals surface area contributed by atoms with Gasteiger partial charge in [0.2, 0.25) is 3.79 Å². The molecule has 0 saturated carbocycles. The van der Waals surface area contributed by atoms with Crippen molar-refractivity contribution in [3.8, 4) is 0 Å². The standard InChI is InChI=1S/C14H13Cl3N2OS/c1-9-5-2-3-6-10(9)18-13(14(15,16)17)19-12(20)11-7-4-8-21-11/h2-8,13,18H,1H3,(H,19,20)/t13-/m0/s1. The van der Waals surface area contributed by atoms with Gasteiger partial charge < -0.3 is 10.6 Å². The van der Waals surface area contributed by atoms with Crippen LogP contribution in [0.25, 0.3) is 0 Å². The third kappa shape index (κ3) is 4.51. The molecule has 1 heterocycles. The summed E-state index contributed by atoms with van der Waals surface area (Å²) in [6, 6.07) is 11.1. The van der Waals surface area contributed by atoms with E-state index in [0.29, 0.717) is 4.88 Å². The van der Waals surface area contributed by atoms with Crippen molar-refractivity contribution in [3.05, 3.63) is 52.2 Å². The highest BCUT2D eigenvalue weighted by Crippen LogP contribution is 2.32. The number of hydrogen-bond acceptors (Lipinski definition) is 3. The fourth-order valence-corrected chi connectivity index (χ4v) is 2.65. The molecular weight excluding hydrogens is 351 g/mol. The van der Waals surface area contributed by atoms with Crippen LogP contribution in [0.3, 0.4) is 0 Å². The predicted octanol–water partition coefficient (Wildman–Crippen LogP) is 4.59. The van der Waals surface area contributed by atoms with Crippen molar-refractivity contribution < 1.29 is 4.79 Å². The van der Waals surface area contributed by atoms with E-state index in [2.05, 4.69) is 10.6 Å². The number of anilines is 1. The molecule has 1 aromatic heterocycles. The summed E-state index contributed by atoms with van der Waals surface area (Å²) in [5, 5.41) is 7.57. The van der Waals surface area contributed by atoms with Gasteiger partial charge in [-0.25, -0.2) is 0 Å². The van der Waals surface area contributed by atoms with E-state index in [1.807, 2.05) is 36.6 Å². The zero-order valence-corrected chi connectivity index (χ0v) is 14.2. The summed E-state index contributed by atoms with van der Waals surface area (Å²) in [7, 11) is 0. The van der Waals surface area contributed by atoms with Gasteiger partial charge in [-0.1, -0.05) is 59.1 Å². The number of amides is 1. The third-order valence-corrected chi connectivity index (χ3v) is 4.32. The molecule has 0 aliphatic heterocycles. The molecule has 0 aliphatic carbocycles. The van der Waals surface area contributed by atoms with Crippen molar-refractivity contribution in [3.63, 3.8) is 0 Å². The molecule has 0 fully saturated rings. The number of benzene rings is 1. The smallest absolute Gasteiger partial charge is 0.263 e. The molecule has 3 nitrogen and oxygen atoms in total. The van der Waals surface area contributed by atoms with Crippen LogP contribution in [0, 0.1) is 6.92 Å². The summed E-state index contributed by atoms with van der Waals surface area (Å²) in [6.45, 7) is 1.93. The van der Waals surface area contributed by atoms with Crippen LogP contribution >= 0.6 is 46.1 Å². The van der Waals surface area contributed by atoms with Crippen molar-refractivity contribution in [1.82, 2.24) is 5.32 Å². The Kier molecular flexibility index (Phi) is 5.38. The Morgan fingerprint density at radius 2 is 1.90 bits per heavy atom. The van der Waals surface area contributed by atoms with Crippen LogP contribution in [0.5, 0.6) is 0 Å². The largest absolute Gasteiger partial charge is 0.362 e. The minimum Gasteiger partial charge on any atom is -0.362 e. The summed E-state index contributed by atoms with van der Waals surface area (Å²) >= 11 is 19.2. The van der Waals surface area contributed by atoms with Crippen LogP contribution in [0.1, 0.15) is 15.2 Å². The van der Waals surface area contributed by atoms with Crippen LogP contribution in [0.4, 0.5) is 5.69 Å². The topological polar surface area (TPSA) is 41.1 Å². The van der Waals surface area contributed by atoms with Gasteiger partial charge in [0.05, 0.1) is 4.88 Å². The van der Waals surface area contributed by atoms with Crippen LogP contribution in [0.2, 0.25) is 0 Å². The number of carbonyl (C=O) groups is 1. The van der Waals surface area contributed by atoms with E-state index in [9.17, 15) is 4.79 Å². The number of hydrogen-bond donors (Lipinski definition) is 2. The Labute approximate surface area is 142 Å². The van der Waals surface area contributed by atoms with E-state index in [1.54, 1.807) is 12.1 Å². The number of nitrogens with one attached hydrogen (secondary N) is 2. The maximum absolute atomic E-state index is 12.1. The number of halogens is 3. The molecule has 1 amide bonds. The highest BCUT2D eigenvalue weighted by Gasteiger charge is 2.34. The number of alkyl halides is 3. The van der Waals surface area contributed by atoms with Crippen LogP contribution < -0.4 is 10.6 Å². The number of thiophene rings is 1. The van der Waals surface area contributed by atoms with E-state index in [0.717, 1.165) is 11.3 Å². The van der Waals surface area contributed by atoms with Gasteiger partial charge in [-0.3, -0.25) is 4.79 Å². The first-order valence-electron chi connectivity index (χ1n) is 6.11. The Morgan fingerprint density at radius 1 is 1.19 bits per heavy atom. The van der Waals surface area contributed by atoms with Gasteiger partial charge in [0.25, 0.3) is 5.91 Å². The number of rotatable bonds is 4. The summed E-state index contributed by atoms with van der Waals surface area (Å²) in [4.78, 5) is 12.7. The van der Waals surface area contributed by atoms with Gasteiger partial charge in [0.15, 0.2) is 0 Å². The molecule has 0 aliphatic rings. The third-order valence-electron chi connectivity index (χ3n) is 2.79. The van der Waals surface area contributed by atoms with Gasteiger partial charge in [-0.15, -0.1) is 11.3 Å². The highest BCUT2D eigenvalue weighted by molar-refractivity contribution is 7.12. The molecule has 1 atom stereocenters. The first kappa shape index (κ1) is 16.4. The molecule has 1 aromatic carbocycles. The molecular formula is C14H13Cl3N2OS. The molecule has 7 heteroatoms. The van der Waals surface area contributed by atoms with Gasteiger partial charge in [-0.05, 0) is 30.0 Å². The second-order valence-electron chi connectivity index (χ2n) is 4.38. The number of para-hydroxylation sites is 1. The van der Waals surface area contributed by atoms with E-state index in [-0.39, 0.29) is 5.91 Å². The lowest BCUT2D eigenvalue weighted by molar-refractivity contribution is 0.0946. The summed E-state index contributed by atoms with van der Waals surface area (Å²) in [5.41, 5.74) is 1.78. The molecule has 0 saturated heterocycles. The van der Waals surface area contributed by atoms with Crippen molar-refractivity contribution in [2.45, 2.75) is 16.9 Å². The lowest BCUT2D eigenvalue weighted by Crippen LogP contribution is -2.49. The van der Waals surface area contributed by atoms with Crippen LogP contribution in [0.15, 0.2) is 41.8 Å². The molecule has 2 aromatic rings. The van der Waals surface area contributed by atoms with E-state index >= 15 is 0 Å². The normalized spacial score (nSPS) is 12.8. The Morgan fingerprint density at radius 3 is 2.48 bits per heavy atom. The predicted molar refractivity (Wildman–Crippen MR) is 90.7 cm³/mol. The lowest BCUT2D eigenvalue weighted by atomic mass is 10.2. The second-order valence-corrected chi connectivity index (χ2v) is 7.70. The van der Waals surface area contributed by atoms with E-state index in [4.69, 9.17) is 34.8 Å². The second kappa shape index (κ2) is 6.88. The van der Waals surface area contributed by atoms with Crippen LogP contribution in [-0.2, 0) is 0 Å². The van der Waals surface area contributed by atoms with E-state index < -0.39 is 9.96 Å². The highest BCUT2D eigenvalue weighted by atomic mass is 35.6. The van der Waals surface area contributed by atoms with Crippen molar-refractivity contribution in [1.29, 1.82) is 0 Å². The molecule has 0 radical (unpaired) electrons. The van der Waals surface area contributed by atoms with Gasteiger partial charge in [0.1, 0.15) is 6.17 Å². The molecule has 21 heavy (non-hydrogen) atoms. The van der Waals surface area contributed by atoms with Crippen molar-refractivity contribution >= 4 is 57.7 Å². The van der Waals surface area contributed by atoms with Crippen LogP contribution in [-0.4, -0.2) is 15.9 Å². The molecule has 2 rings (SSSR count). The Hall–Kier alpha value is -0.940.